The molecular weight excluding hydrogens is 810 g/mol. The fraction of sp³-hybridized carbons (Fsp3) is 0.707. The highest BCUT2D eigenvalue weighted by atomic mass is 35.5. The third-order valence-corrected chi connectivity index (χ3v) is 21.5. The molecule has 2 aromatic carbocycles. The van der Waals surface area contributed by atoms with E-state index in [1.807, 2.05) is 12.1 Å². The predicted octanol–water partition coefficient (Wildman–Crippen LogP) is 13.8. The molecule has 348 valence electrons. The van der Waals surface area contributed by atoms with E-state index in [0.29, 0.717) is 24.2 Å². The number of hydrogen-bond donors (Lipinski definition) is 1. The molecule has 0 heterocycles. The molecular formula is C58H80ClNO4. The standard InChI is InChI=1S/C58H80ClNO4/c1-36(2)47-43(61)35-58(60-50(63)51(3,4)27-29-57(30-31-57)38-17-19-40(59)20-18-38)32-28-55(10)41(48(47)58)21-22-45-54(9)25-24-46(53(7,8)44(54)23-26-56(45,55)11)64-49(62)42-34-39(52(42,5)6)33-37-15-13-12-14-16-37/h12-20,36,39,41-42,44-46H,21-35H2,1-11H3,(H,60,63)/t39-,41-,42-,44+,45-,46+,54+,55-,56-,58-/m1/s1. The minimum Gasteiger partial charge on any atom is -0.462 e. The van der Waals surface area contributed by atoms with Gasteiger partial charge in [0.25, 0.3) is 0 Å². The molecule has 7 aliphatic carbocycles. The molecule has 9 rings (SSSR count). The summed E-state index contributed by atoms with van der Waals surface area (Å²) in [5, 5.41) is 4.49. The number of carbonyl (C=O) groups excluding carboxylic acids is 3. The monoisotopic (exact) mass is 890 g/mol. The molecule has 5 nitrogen and oxygen atoms in total. The van der Waals surface area contributed by atoms with Crippen LogP contribution in [0.3, 0.4) is 0 Å². The van der Waals surface area contributed by atoms with E-state index < -0.39 is 11.0 Å². The van der Waals surface area contributed by atoms with Gasteiger partial charge in [-0.15, -0.1) is 0 Å². The maximum atomic E-state index is 14.7. The molecule has 0 aliphatic heterocycles. The zero-order valence-electron chi connectivity index (χ0n) is 41.4. The van der Waals surface area contributed by atoms with Gasteiger partial charge in [-0.05, 0) is 181 Å². The van der Waals surface area contributed by atoms with E-state index in [-0.39, 0.29) is 74.0 Å². The summed E-state index contributed by atoms with van der Waals surface area (Å²) in [5.41, 5.74) is 3.97. The fourth-order valence-electron chi connectivity index (χ4n) is 16.5. The van der Waals surface area contributed by atoms with Crippen LogP contribution >= 0.6 is 11.6 Å². The highest BCUT2D eigenvalue weighted by Gasteiger charge is 2.71. The molecule has 2 aromatic rings. The van der Waals surface area contributed by atoms with E-state index in [9.17, 15) is 14.4 Å². The van der Waals surface area contributed by atoms with E-state index in [1.165, 1.54) is 16.7 Å². The summed E-state index contributed by atoms with van der Waals surface area (Å²) in [4.78, 5) is 43.2. The van der Waals surface area contributed by atoms with Crippen LogP contribution in [-0.4, -0.2) is 29.3 Å². The summed E-state index contributed by atoms with van der Waals surface area (Å²) < 4.78 is 6.71. The number of carbonyl (C=O) groups is 3. The molecule has 0 saturated heterocycles. The maximum Gasteiger partial charge on any atom is 0.309 e. The second kappa shape index (κ2) is 15.6. The van der Waals surface area contributed by atoms with E-state index in [1.54, 1.807) is 0 Å². The van der Waals surface area contributed by atoms with Gasteiger partial charge in [-0.3, -0.25) is 14.4 Å². The zero-order chi connectivity index (χ0) is 46.0. The number of fused-ring (bicyclic) bond motifs is 7. The smallest absolute Gasteiger partial charge is 0.309 e. The number of hydrogen-bond acceptors (Lipinski definition) is 4. The van der Waals surface area contributed by atoms with Crippen molar-refractivity contribution in [2.45, 2.75) is 190 Å². The quantitative estimate of drug-likeness (QED) is 0.228. The Morgan fingerprint density at radius 3 is 2.12 bits per heavy atom. The van der Waals surface area contributed by atoms with Crippen LogP contribution in [0.2, 0.25) is 5.02 Å². The van der Waals surface area contributed by atoms with Crippen LogP contribution in [0.5, 0.6) is 0 Å². The Balaban J connectivity index is 0.916. The zero-order valence-corrected chi connectivity index (χ0v) is 42.1. The highest BCUT2D eigenvalue weighted by molar-refractivity contribution is 6.30. The molecule has 6 saturated carbocycles. The Kier molecular flexibility index (Phi) is 11.2. The Labute approximate surface area is 391 Å². The minimum absolute atomic E-state index is 0.00419. The van der Waals surface area contributed by atoms with Crippen molar-refractivity contribution in [2.24, 2.45) is 68.0 Å². The van der Waals surface area contributed by atoms with E-state index >= 15 is 0 Å². The summed E-state index contributed by atoms with van der Waals surface area (Å²) in [5.74, 6) is 2.18. The number of ether oxygens (including phenoxy) is 1. The predicted molar refractivity (Wildman–Crippen MR) is 259 cm³/mol. The fourth-order valence-corrected chi connectivity index (χ4v) is 16.6. The average molecular weight is 891 g/mol. The summed E-state index contributed by atoms with van der Waals surface area (Å²) >= 11 is 6.25. The number of halogens is 1. The van der Waals surface area contributed by atoms with Gasteiger partial charge in [-0.2, -0.15) is 0 Å². The number of nitrogens with one attached hydrogen (secondary N) is 1. The number of ketones is 1. The van der Waals surface area contributed by atoms with E-state index in [4.69, 9.17) is 16.3 Å². The first-order valence-corrected chi connectivity index (χ1v) is 25.9. The van der Waals surface area contributed by atoms with Crippen molar-refractivity contribution in [2.75, 3.05) is 0 Å². The van der Waals surface area contributed by atoms with Gasteiger partial charge in [0.05, 0.1) is 11.5 Å². The molecule has 10 atom stereocenters. The van der Waals surface area contributed by atoms with Gasteiger partial charge in [-0.25, -0.2) is 0 Å². The van der Waals surface area contributed by atoms with Crippen LogP contribution in [0, 0.1) is 68.0 Å². The van der Waals surface area contributed by atoms with Crippen LogP contribution in [0.1, 0.15) is 177 Å². The number of amides is 1. The Bertz CT molecular complexity index is 2200. The molecule has 1 amide bonds. The molecule has 0 aromatic heterocycles. The van der Waals surface area contributed by atoms with Gasteiger partial charge in [0, 0.05) is 22.3 Å². The molecule has 1 N–H and O–H groups in total. The summed E-state index contributed by atoms with van der Waals surface area (Å²) in [6, 6.07) is 19.0. The number of rotatable bonds is 11. The molecule has 0 spiro atoms. The Morgan fingerprint density at radius 1 is 0.797 bits per heavy atom. The van der Waals surface area contributed by atoms with Gasteiger partial charge in [-0.1, -0.05) is 130 Å². The van der Waals surface area contributed by atoms with Crippen molar-refractivity contribution in [3.63, 3.8) is 0 Å². The van der Waals surface area contributed by atoms with Crippen molar-refractivity contribution in [3.8, 4) is 0 Å². The number of Topliss-reactive ketones (excluding diaryl/α,β-unsaturated/α-hetero) is 1. The average Bonchev–Trinajstić information content (AvgIpc) is 3.96. The van der Waals surface area contributed by atoms with E-state index in [0.717, 1.165) is 100 Å². The second-order valence-electron chi connectivity index (χ2n) is 25.7. The first-order valence-electron chi connectivity index (χ1n) is 25.6. The third-order valence-electron chi connectivity index (χ3n) is 21.2. The van der Waals surface area contributed by atoms with Crippen molar-refractivity contribution in [1.82, 2.24) is 5.32 Å². The summed E-state index contributed by atoms with van der Waals surface area (Å²) in [7, 11) is 0. The maximum absolute atomic E-state index is 14.7. The summed E-state index contributed by atoms with van der Waals surface area (Å²) in [6.07, 6.45) is 14.6. The van der Waals surface area contributed by atoms with Gasteiger partial charge in [0.1, 0.15) is 6.10 Å². The molecule has 7 aliphatic rings. The van der Waals surface area contributed by atoms with Crippen molar-refractivity contribution < 1.29 is 19.1 Å². The molecule has 0 bridgehead atoms. The molecule has 0 radical (unpaired) electrons. The first-order chi connectivity index (χ1) is 29.9. The van der Waals surface area contributed by atoms with Gasteiger partial charge < -0.3 is 10.1 Å². The number of allylic oxidation sites excluding steroid dienone is 1. The van der Waals surface area contributed by atoms with Gasteiger partial charge in [0.15, 0.2) is 5.78 Å². The van der Waals surface area contributed by atoms with Crippen LogP contribution in [0.15, 0.2) is 65.7 Å². The highest BCUT2D eigenvalue weighted by Crippen LogP contribution is 2.76. The lowest BCUT2D eigenvalue weighted by atomic mass is 9.33. The van der Waals surface area contributed by atoms with Gasteiger partial charge in [0.2, 0.25) is 5.91 Å². The third kappa shape index (κ3) is 7.05. The lowest BCUT2D eigenvalue weighted by molar-refractivity contribution is -0.235. The lowest BCUT2D eigenvalue weighted by Crippen LogP contribution is -2.67. The normalized spacial score (nSPS) is 38.0. The molecule has 64 heavy (non-hydrogen) atoms. The Morgan fingerprint density at radius 2 is 1.48 bits per heavy atom. The lowest BCUT2D eigenvalue weighted by Gasteiger charge is -2.72. The van der Waals surface area contributed by atoms with Crippen molar-refractivity contribution in [1.29, 1.82) is 0 Å². The SMILES string of the molecule is CC(C)C1=C2[C@H]3CC[C@@H]4[C@@]5(C)CC[C@H](OC(=O)[C@H]6C[C@@H](Cc7ccccc7)C6(C)C)C(C)(C)[C@@H]5CC[C@@]4(C)[C@]3(C)CC[C@@]2(NC(=O)C(C)(C)CCC2(c3ccc(Cl)cc3)CC2)CC1=O. The van der Waals surface area contributed by atoms with E-state index in [2.05, 4.69) is 124 Å². The van der Waals surface area contributed by atoms with Crippen LogP contribution in [0.25, 0.3) is 0 Å². The van der Waals surface area contributed by atoms with Crippen molar-refractivity contribution in [3.05, 3.63) is 81.9 Å². The van der Waals surface area contributed by atoms with Crippen LogP contribution < -0.4 is 5.32 Å². The number of benzene rings is 2. The molecule has 6 fully saturated rings. The Hall–Kier alpha value is -2.92. The number of esters is 1. The van der Waals surface area contributed by atoms with Gasteiger partial charge >= 0.3 is 5.97 Å². The van der Waals surface area contributed by atoms with Crippen molar-refractivity contribution >= 4 is 29.3 Å². The van der Waals surface area contributed by atoms with Crippen LogP contribution in [-0.2, 0) is 31.0 Å². The second-order valence-corrected chi connectivity index (χ2v) is 26.1. The van der Waals surface area contributed by atoms with Crippen LogP contribution in [0.4, 0.5) is 0 Å². The summed E-state index contributed by atoms with van der Waals surface area (Å²) in [6.45, 7) is 25.8. The first kappa shape index (κ1) is 46.2. The molecule has 0 unspecified atom stereocenters. The topological polar surface area (TPSA) is 72.5 Å². The largest absolute Gasteiger partial charge is 0.462 e. The molecule has 6 heteroatoms. The minimum atomic E-state index is -0.604.